The Labute approximate surface area is 155 Å². The van der Waals surface area contributed by atoms with Crippen molar-refractivity contribution in [1.82, 2.24) is 10.1 Å². The van der Waals surface area contributed by atoms with Crippen molar-refractivity contribution in [2.24, 2.45) is 5.73 Å². The Morgan fingerprint density at radius 1 is 1.11 bits per heavy atom. The van der Waals surface area contributed by atoms with Gasteiger partial charge in [-0.1, -0.05) is 41.6 Å². The van der Waals surface area contributed by atoms with Crippen LogP contribution >= 0.6 is 0 Å². The normalized spacial score (nSPS) is 10.4. The Hall–Kier alpha value is -3.68. The van der Waals surface area contributed by atoms with E-state index in [9.17, 15) is 9.59 Å². The summed E-state index contributed by atoms with van der Waals surface area (Å²) in [6.45, 7) is -0.224. The summed E-state index contributed by atoms with van der Waals surface area (Å²) in [5.74, 6) is 0.546. The van der Waals surface area contributed by atoms with Crippen LogP contribution in [0.4, 0.5) is 5.69 Å². The summed E-state index contributed by atoms with van der Waals surface area (Å²) in [5.41, 5.74) is 6.44. The van der Waals surface area contributed by atoms with Crippen molar-refractivity contribution in [2.45, 2.75) is 12.8 Å². The van der Waals surface area contributed by atoms with Gasteiger partial charge in [0.15, 0.2) is 6.61 Å². The average molecular weight is 366 g/mol. The molecule has 0 aliphatic carbocycles. The van der Waals surface area contributed by atoms with E-state index in [0.717, 1.165) is 5.56 Å². The first-order valence-electron chi connectivity index (χ1n) is 8.29. The number of carbonyl (C=O) groups is 2. The average Bonchev–Trinajstić information content (AvgIpc) is 3.15. The molecule has 0 atom stereocenters. The lowest BCUT2D eigenvalue weighted by Gasteiger charge is -2.07. The Bertz CT molecular complexity index is 924. The van der Waals surface area contributed by atoms with Crippen LogP contribution in [0.25, 0.3) is 11.4 Å². The number of amides is 2. The van der Waals surface area contributed by atoms with Gasteiger partial charge in [0.2, 0.25) is 17.6 Å². The van der Waals surface area contributed by atoms with Gasteiger partial charge in [0.05, 0.1) is 0 Å². The first kappa shape index (κ1) is 18.1. The van der Waals surface area contributed by atoms with Gasteiger partial charge in [-0.05, 0) is 12.1 Å². The van der Waals surface area contributed by atoms with E-state index in [4.69, 9.17) is 15.0 Å². The van der Waals surface area contributed by atoms with E-state index in [2.05, 4.69) is 15.5 Å². The fraction of sp³-hybridized carbons (Fsp3) is 0.158. The number of nitrogens with one attached hydrogen (secondary N) is 1. The van der Waals surface area contributed by atoms with Crippen LogP contribution in [-0.2, 0) is 16.0 Å². The second kappa shape index (κ2) is 8.61. The molecule has 3 rings (SSSR count). The molecule has 8 nitrogen and oxygen atoms in total. The largest absolute Gasteiger partial charge is 0.484 e. The minimum Gasteiger partial charge on any atom is -0.484 e. The molecule has 1 aromatic heterocycles. The Kier molecular flexibility index (Phi) is 5.78. The highest BCUT2D eigenvalue weighted by Gasteiger charge is 2.11. The number of nitrogens with zero attached hydrogens (tertiary/aromatic N) is 2. The molecule has 27 heavy (non-hydrogen) atoms. The van der Waals surface area contributed by atoms with Crippen LogP contribution in [0.15, 0.2) is 59.1 Å². The maximum Gasteiger partial charge on any atom is 0.255 e. The van der Waals surface area contributed by atoms with Gasteiger partial charge < -0.3 is 20.3 Å². The van der Waals surface area contributed by atoms with Gasteiger partial charge in [-0.25, -0.2) is 0 Å². The van der Waals surface area contributed by atoms with Gasteiger partial charge in [0.25, 0.3) is 5.91 Å². The number of hydrogen-bond acceptors (Lipinski definition) is 6. The SMILES string of the molecule is NC(=O)COc1cccc(NC(=O)CCc2nc(-c3ccccc3)no2)c1. The predicted octanol–water partition coefficient (Wildman–Crippen LogP) is 2.17. The number of hydrogen-bond donors (Lipinski definition) is 2. The zero-order valence-electron chi connectivity index (χ0n) is 14.4. The van der Waals surface area contributed by atoms with E-state index in [-0.39, 0.29) is 18.9 Å². The lowest BCUT2D eigenvalue weighted by Crippen LogP contribution is -2.20. The first-order chi connectivity index (χ1) is 13.1. The maximum atomic E-state index is 12.1. The minimum atomic E-state index is -0.570. The van der Waals surface area contributed by atoms with Gasteiger partial charge in [0, 0.05) is 30.2 Å². The van der Waals surface area contributed by atoms with Crippen LogP contribution in [0.2, 0.25) is 0 Å². The number of aryl methyl sites for hydroxylation is 1. The summed E-state index contributed by atoms with van der Waals surface area (Å²) < 4.78 is 10.4. The molecule has 3 aromatic rings. The zero-order valence-corrected chi connectivity index (χ0v) is 14.4. The Morgan fingerprint density at radius 3 is 2.70 bits per heavy atom. The van der Waals surface area contributed by atoms with Crippen LogP contribution in [0, 0.1) is 0 Å². The maximum absolute atomic E-state index is 12.1. The summed E-state index contributed by atoms with van der Waals surface area (Å²) in [5, 5.41) is 6.68. The first-order valence-corrected chi connectivity index (χ1v) is 8.29. The summed E-state index contributed by atoms with van der Waals surface area (Å²) in [4.78, 5) is 27.2. The molecular formula is C19H18N4O4. The molecule has 0 saturated heterocycles. The highest BCUT2D eigenvalue weighted by Crippen LogP contribution is 2.18. The summed E-state index contributed by atoms with van der Waals surface area (Å²) in [7, 11) is 0. The molecule has 0 aliphatic heterocycles. The molecule has 0 radical (unpaired) electrons. The standard InChI is InChI=1S/C19H18N4O4/c20-16(24)12-26-15-8-4-7-14(11-15)21-17(25)9-10-18-22-19(23-27-18)13-5-2-1-3-6-13/h1-8,11H,9-10,12H2,(H2,20,24)(H,21,25). The fourth-order valence-corrected chi connectivity index (χ4v) is 2.32. The van der Waals surface area contributed by atoms with Crippen LogP contribution in [0.5, 0.6) is 5.75 Å². The number of primary amides is 1. The van der Waals surface area contributed by atoms with Crippen molar-refractivity contribution >= 4 is 17.5 Å². The number of ether oxygens (including phenoxy) is 1. The van der Waals surface area contributed by atoms with Crippen LogP contribution in [0.3, 0.4) is 0 Å². The summed E-state index contributed by atoms with van der Waals surface area (Å²) in [6, 6.07) is 16.2. The predicted molar refractivity (Wildman–Crippen MR) is 97.8 cm³/mol. The number of aromatic nitrogens is 2. The molecule has 0 fully saturated rings. The van der Waals surface area contributed by atoms with Crippen molar-refractivity contribution in [3.8, 4) is 17.1 Å². The molecule has 1 heterocycles. The second-order valence-electron chi connectivity index (χ2n) is 5.71. The Balaban J connectivity index is 1.52. The number of benzene rings is 2. The smallest absolute Gasteiger partial charge is 0.255 e. The molecule has 3 N–H and O–H groups in total. The highest BCUT2D eigenvalue weighted by atomic mass is 16.5. The number of anilines is 1. The molecule has 0 bridgehead atoms. The van der Waals surface area contributed by atoms with Gasteiger partial charge in [-0.3, -0.25) is 9.59 Å². The second-order valence-corrected chi connectivity index (χ2v) is 5.71. The van der Waals surface area contributed by atoms with E-state index in [1.54, 1.807) is 24.3 Å². The molecule has 0 spiro atoms. The van der Waals surface area contributed by atoms with Crippen molar-refractivity contribution in [1.29, 1.82) is 0 Å². The molecule has 2 aromatic carbocycles. The molecule has 0 aliphatic rings. The van der Waals surface area contributed by atoms with Gasteiger partial charge in [-0.15, -0.1) is 0 Å². The van der Waals surface area contributed by atoms with Crippen LogP contribution < -0.4 is 15.8 Å². The van der Waals surface area contributed by atoms with E-state index >= 15 is 0 Å². The third-order valence-electron chi connectivity index (χ3n) is 3.56. The number of carbonyl (C=O) groups excluding carboxylic acids is 2. The molecule has 8 heteroatoms. The molecule has 0 unspecified atom stereocenters. The monoisotopic (exact) mass is 366 g/mol. The summed E-state index contributed by atoms with van der Waals surface area (Å²) in [6.07, 6.45) is 0.506. The van der Waals surface area contributed by atoms with Gasteiger partial charge in [0.1, 0.15) is 5.75 Å². The lowest BCUT2D eigenvalue weighted by atomic mass is 10.2. The molecule has 2 amide bonds. The topological polar surface area (TPSA) is 120 Å². The number of rotatable bonds is 8. The van der Waals surface area contributed by atoms with Crippen molar-refractivity contribution in [3.05, 3.63) is 60.5 Å². The summed E-state index contributed by atoms with van der Waals surface area (Å²) >= 11 is 0. The van der Waals surface area contributed by atoms with E-state index in [1.165, 1.54) is 0 Å². The third kappa shape index (κ3) is 5.40. The molecule has 138 valence electrons. The van der Waals surface area contributed by atoms with Crippen LogP contribution in [0.1, 0.15) is 12.3 Å². The highest BCUT2D eigenvalue weighted by molar-refractivity contribution is 5.91. The van der Waals surface area contributed by atoms with E-state index < -0.39 is 5.91 Å². The molecule has 0 saturated carbocycles. The third-order valence-corrected chi connectivity index (χ3v) is 3.56. The van der Waals surface area contributed by atoms with Crippen LogP contribution in [-0.4, -0.2) is 28.6 Å². The Morgan fingerprint density at radius 2 is 1.93 bits per heavy atom. The fourth-order valence-electron chi connectivity index (χ4n) is 2.32. The van der Waals surface area contributed by atoms with Gasteiger partial charge in [-0.2, -0.15) is 4.98 Å². The van der Waals surface area contributed by atoms with E-state index in [0.29, 0.717) is 29.6 Å². The zero-order chi connectivity index (χ0) is 19.1. The van der Waals surface area contributed by atoms with E-state index in [1.807, 2.05) is 30.3 Å². The van der Waals surface area contributed by atoms with Crippen molar-refractivity contribution in [2.75, 3.05) is 11.9 Å². The van der Waals surface area contributed by atoms with Crippen molar-refractivity contribution in [3.63, 3.8) is 0 Å². The lowest BCUT2D eigenvalue weighted by molar-refractivity contribution is -0.120. The molecular weight excluding hydrogens is 348 g/mol. The quantitative estimate of drug-likeness (QED) is 0.630. The minimum absolute atomic E-state index is 0.183. The van der Waals surface area contributed by atoms with Gasteiger partial charge >= 0.3 is 0 Å². The van der Waals surface area contributed by atoms with Crippen molar-refractivity contribution < 1.29 is 18.8 Å². The number of nitrogens with two attached hydrogens (primary N) is 1.